The van der Waals surface area contributed by atoms with Crippen LogP contribution in [0.15, 0.2) is 45.6 Å². The zero-order valence-corrected chi connectivity index (χ0v) is 18.6. The molecular formula is C23H23NO7S. The lowest BCUT2D eigenvalue weighted by Gasteiger charge is -2.33. The number of hydrogen-bond acceptors (Lipinski definition) is 8. The van der Waals surface area contributed by atoms with Gasteiger partial charge in [-0.15, -0.1) is 0 Å². The van der Waals surface area contributed by atoms with Gasteiger partial charge in [0.05, 0.1) is 29.6 Å². The summed E-state index contributed by atoms with van der Waals surface area (Å²) in [6.07, 6.45) is 0.575. The first kappa shape index (κ1) is 20.8. The highest BCUT2D eigenvalue weighted by atomic mass is 32.2. The zero-order chi connectivity index (χ0) is 22.5. The van der Waals surface area contributed by atoms with Crippen LogP contribution in [0, 0.1) is 6.92 Å². The average Bonchev–Trinajstić information content (AvgIpc) is 3.16. The Bertz CT molecular complexity index is 1360. The van der Waals surface area contributed by atoms with Crippen LogP contribution < -0.4 is 19.6 Å². The van der Waals surface area contributed by atoms with Gasteiger partial charge in [-0.25, -0.2) is 8.42 Å². The fraction of sp³-hybridized carbons (Fsp3) is 0.348. The van der Waals surface area contributed by atoms with Gasteiger partial charge < -0.3 is 18.6 Å². The Morgan fingerprint density at radius 1 is 1.12 bits per heavy atom. The van der Waals surface area contributed by atoms with Crippen LogP contribution in [0.3, 0.4) is 0 Å². The molecule has 0 bridgehead atoms. The third kappa shape index (κ3) is 3.61. The molecular weight excluding hydrogens is 434 g/mol. The Hall–Kier alpha value is -3.04. The number of hydrogen-bond donors (Lipinski definition) is 0. The average molecular weight is 458 g/mol. The van der Waals surface area contributed by atoms with Crippen molar-refractivity contribution in [3.8, 4) is 23.0 Å². The highest BCUT2D eigenvalue weighted by Gasteiger charge is 2.35. The van der Waals surface area contributed by atoms with Crippen LogP contribution in [0.2, 0.25) is 0 Å². The van der Waals surface area contributed by atoms with Crippen molar-refractivity contribution in [3.63, 3.8) is 0 Å². The molecule has 1 atom stereocenters. The van der Waals surface area contributed by atoms with E-state index in [0.29, 0.717) is 53.7 Å². The number of methoxy groups -OCH3 is 1. The minimum atomic E-state index is -3.02. The molecule has 168 valence electrons. The van der Waals surface area contributed by atoms with Crippen molar-refractivity contribution in [2.45, 2.75) is 25.9 Å². The summed E-state index contributed by atoms with van der Waals surface area (Å²) in [6, 6.07) is 10.4. The predicted molar refractivity (Wildman–Crippen MR) is 118 cm³/mol. The molecule has 5 rings (SSSR count). The summed E-state index contributed by atoms with van der Waals surface area (Å²) in [5.74, 6) is 2.30. The first-order chi connectivity index (χ1) is 15.4. The SMILES string of the molecule is COc1ccccc1Oc1c(C)oc2c3c(ccc2c1=O)OCN(C1CCS(=O)(=O)C1)C3. The van der Waals surface area contributed by atoms with E-state index < -0.39 is 9.84 Å². The Morgan fingerprint density at radius 3 is 2.62 bits per heavy atom. The molecule has 1 saturated heterocycles. The molecule has 2 aromatic carbocycles. The summed E-state index contributed by atoms with van der Waals surface area (Å²) < 4.78 is 47.0. The maximum atomic E-state index is 13.3. The van der Waals surface area contributed by atoms with E-state index in [4.69, 9.17) is 18.6 Å². The molecule has 1 aromatic heterocycles. The van der Waals surface area contributed by atoms with Gasteiger partial charge in [-0.1, -0.05) is 12.1 Å². The van der Waals surface area contributed by atoms with E-state index in [9.17, 15) is 13.2 Å². The molecule has 1 unspecified atom stereocenters. The topological polar surface area (TPSA) is 95.3 Å². The largest absolute Gasteiger partial charge is 0.493 e. The normalized spacial score (nSPS) is 20.0. The highest BCUT2D eigenvalue weighted by Crippen LogP contribution is 2.37. The fourth-order valence-electron chi connectivity index (χ4n) is 4.30. The van der Waals surface area contributed by atoms with Gasteiger partial charge in [-0.2, -0.15) is 0 Å². The molecule has 2 aliphatic heterocycles. The van der Waals surface area contributed by atoms with Crippen LogP contribution in [-0.4, -0.2) is 44.7 Å². The van der Waals surface area contributed by atoms with Crippen molar-refractivity contribution in [2.75, 3.05) is 25.3 Å². The third-order valence-electron chi connectivity index (χ3n) is 6.00. The second-order valence-electron chi connectivity index (χ2n) is 8.07. The number of benzene rings is 2. The minimum absolute atomic E-state index is 0.0948. The van der Waals surface area contributed by atoms with Gasteiger partial charge in [-0.05, 0) is 37.6 Å². The molecule has 0 aliphatic carbocycles. The van der Waals surface area contributed by atoms with Gasteiger partial charge >= 0.3 is 0 Å². The monoisotopic (exact) mass is 457 g/mol. The standard InChI is InChI=1S/C23H23NO7S/c1-14-22(31-20-6-4-3-5-19(20)28-2)21(25)16-7-8-18-17(23(16)30-14)11-24(13-29-18)15-9-10-32(26,27)12-15/h3-8,15H,9-13H2,1-2H3. The Balaban J connectivity index is 1.54. The lowest BCUT2D eigenvalue weighted by Crippen LogP contribution is -2.41. The van der Waals surface area contributed by atoms with Crippen molar-refractivity contribution in [1.29, 1.82) is 0 Å². The summed E-state index contributed by atoms with van der Waals surface area (Å²) in [6.45, 7) is 2.43. The summed E-state index contributed by atoms with van der Waals surface area (Å²) in [5, 5.41) is 0.378. The van der Waals surface area contributed by atoms with Crippen LogP contribution in [0.4, 0.5) is 0 Å². The molecule has 3 heterocycles. The molecule has 8 nitrogen and oxygen atoms in total. The number of aryl methyl sites for hydroxylation is 1. The number of para-hydroxylation sites is 2. The summed E-state index contributed by atoms with van der Waals surface area (Å²) in [4.78, 5) is 15.3. The second-order valence-corrected chi connectivity index (χ2v) is 10.3. The number of nitrogens with zero attached hydrogens (tertiary/aromatic N) is 1. The molecule has 0 spiro atoms. The number of rotatable bonds is 4. The molecule has 1 fully saturated rings. The molecule has 0 N–H and O–H groups in total. The van der Waals surface area contributed by atoms with Gasteiger partial charge in [0.1, 0.15) is 23.8 Å². The van der Waals surface area contributed by atoms with E-state index in [0.717, 1.165) is 5.56 Å². The van der Waals surface area contributed by atoms with E-state index in [1.807, 2.05) is 11.0 Å². The maximum absolute atomic E-state index is 13.3. The maximum Gasteiger partial charge on any atom is 0.235 e. The predicted octanol–water partition coefficient (Wildman–Crippen LogP) is 3.24. The van der Waals surface area contributed by atoms with Gasteiger partial charge in [0.2, 0.25) is 11.2 Å². The fourth-order valence-corrected chi connectivity index (χ4v) is 6.06. The lowest BCUT2D eigenvalue weighted by molar-refractivity contribution is 0.0648. The van der Waals surface area contributed by atoms with Crippen molar-refractivity contribution in [3.05, 3.63) is 57.9 Å². The van der Waals surface area contributed by atoms with Gasteiger partial charge in [0.15, 0.2) is 21.3 Å². The van der Waals surface area contributed by atoms with Gasteiger partial charge in [-0.3, -0.25) is 9.69 Å². The van der Waals surface area contributed by atoms with Crippen molar-refractivity contribution >= 4 is 20.8 Å². The van der Waals surface area contributed by atoms with Crippen molar-refractivity contribution in [1.82, 2.24) is 4.90 Å². The minimum Gasteiger partial charge on any atom is -0.493 e. The van der Waals surface area contributed by atoms with E-state index >= 15 is 0 Å². The third-order valence-corrected chi connectivity index (χ3v) is 7.75. The lowest BCUT2D eigenvalue weighted by atomic mass is 10.1. The molecule has 0 radical (unpaired) electrons. The summed E-state index contributed by atoms with van der Waals surface area (Å²) in [7, 11) is -1.48. The summed E-state index contributed by atoms with van der Waals surface area (Å²) >= 11 is 0. The molecule has 3 aromatic rings. The van der Waals surface area contributed by atoms with E-state index in [-0.39, 0.29) is 28.7 Å². The van der Waals surface area contributed by atoms with Gasteiger partial charge in [0.25, 0.3) is 0 Å². The molecule has 0 amide bonds. The van der Waals surface area contributed by atoms with Crippen LogP contribution in [-0.2, 0) is 16.4 Å². The number of fused-ring (bicyclic) bond motifs is 3. The van der Waals surface area contributed by atoms with Crippen LogP contribution >= 0.6 is 0 Å². The number of ether oxygens (including phenoxy) is 3. The van der Waals surface area contributed by atoms with Crippen LogP contribution in [0.5, 0.6) is 23.0 Å². The van der Waals surface area contributed by atoms with Crippen molar-refractivity contribution in [2.24, 2.45) is 0 Å². The Labute approximate surface area is 185 Å². The first-order valence-electron chi connectivity index (χ1n) is 10.3. The number of sulfone groups is 1. The van der Waals surface area contributed by atoms with Crippen LogP contribution in [0.1, 0.15) is 17.7 Å². The molecule has 32 heavy (non-hydrogen) atoms. The van der Waals surface area contributed by atoms with Crippen molar-refractivity contribution < 1.29 is 27.0 Å². The zero-order valence-electron chi connectivity index (χ0n) is 17.8. The Kier molecular flexibility index (Phi) is 5.10. The Morgan fingerprint density at radius 2 is 1.91 bits per heavy atom. The quantitative estimate of drug-likeness (QED) is 0.589. The molecule has 9 heteroatoms. The molecule has 0 saturated carbocycles. The summed E-state index contributed by atoms with van der Waals surface area (Å²) in [5.41, 5.74) is 0.878. The van der Waals surface area contributed by atoms with E-state index in [1.165, 1.54) is 7.11 Å². The molecule has 2 aliphatic rings. The smallest absolute Gasteiger partial charge is 0.235 e. The first-order valence-corrected chi connectivity index (χ1v) is 12.2. The van der Waals surface area contributed by atoms with Gasteiger partial charge in [0, 0.05) is 12.6 Å². The van der Waals surface area contributed by atoms with E-state index in [1.54, 1.807) is 37.3 Å². The highest BCUT2D eigenvalue weighted by molar-refractivity contribution is 7.91. The second kappa shape index (κ2) is 7.83. The van der Waals surface area contributed by atoms with Crippen LogP contribution in [0.25, 0.3) is 11.0 Å². The van der Waals surface area contributed by atoms with E-state index in [2.05, 4.69) is 0 Å².